The molecule has 2 aromatic carbocycles. The van der Waals surface area contributed by atoms with Crippen LogP contribution in [0, 0.1) is 0 Å². The van der Waals surface area contributed by atoms with Gasteiger partial charge in [0.2, 0.25) is 0 Å². The quantitative estimate of drug-likeness (QED) is 0.811. The van der Waals surface area contributed by atoms with Crippen LogP contribution in [-0.2, 0) is 5.60 Å². The van der Waals surface area contributed by atoms with Crippen LogP contribution in [-0.4, -0.2) is 28.6 Å². The highest BCUT2D eigenvalue weighted by Gasteiger charge is 2.42. The summed E-state index contributed by atoms with van der Waals surface area (Å²) in [5.41, 5.74) is 1.51. The maximum absolute atomic E-state index is 11.8. The molecule has 2 nitrogen and oxygen atoms in total. The summed E-state index contributed by atoms with van der Waals surface area (Å²) in [7, 11) is 0. The van der Waals surface area contributed by atoms with Crippen LogP contribution in [0.5, 0.6) is 0 Å². The van der Waals surface area contributed by atoms with E-state index in [0.717, 1.165) is 24.1 Å². The van der Waals surface area contributed by atoms with Gasteiger partial charge in [0, 0.05) is 12.1 Å². The topological polar surface area (TPSA) is 23.5 Å². The van der Waals surface area contributed by atoms with E-state index in [2.05, 4.69) is 29.2 Å². The first-order valence-corrected chi connectivity index (χ1v) is 10.3. The van der Waals surface area contributed by atoms with Crippen molar-refractivity contribution in [1.82, 2.24) is 4.90 Å². The van der Waals surface area contributed by atoms with Gasteiger partial charge in [-0.15, -0.1) is 0 Å². The predicted octanol–water partition coefficient (Wildman–Crippen LogP) is 5.11. The largest absolute Gasteiger partial charge is 0.380 e. The van der Waals surface area contributed by atoms with Gasteiger partial charge in [-0.3, -0.25) is 4.90 Å². The summed E-state index contributed by atoms with van der Waals surface area (Å²) in [6.07, 6.45) is 10.3. The average molecular weight is 350 g/mol. The van der Waals surface area contributed by atoms with Crippen molar-refractivity contribution >= 4 is 0 Å². The van der Waals surface area contributed by atoms with Crippen molar-refractivity contribution in [3.05, 3.63) is 71.8 Å². The van der Waals surface area contributed by atoms with Crippen LogP contribution in [0.3, 0.4) is 0 Å². The summed E-state index contributed by atoms with van der Waals surface area (Å²) in [5.74, 6) is 0. The minimum atomic E-state index is -0.916. The molecule has 2 aliphatic rings. The Hall–Kier alpha value is -1.64. The van der Waals surface area contributed by atoms with E-state index in [-0.39, 0.29) is 0 Å². The summed E-state index contributed by atoms with van der Waals surface area (Å²) in [6.45, 7) is 2.17. The van der Waals surface area contributed by atoms with Crippen molar-refractivity contribution < 1.29 is 5.11 Å². The van der Waals surface area contributed by atoms with Gasteiger partial charge in [-0.05, 0) is 49.8 Å². The first kappa shape index (κ1) is 17.8. The van der Waals surface area contributed by atoms with Gasteiger partial charge in [0.05, 0.1) is 0 Å². The molecule has 2 fully saturated rings. The highest BCUT2D eigenvalue weighted by atomic mass is 16.3. The van der Waals surface area contributed by atoms with Crippen molar-refractivity contribution in [1.29, 1.82) is 0 Å². The third-order valence-corrected chi connectivity index (χ3v) is 6.77. The van der Waals surface area contributed by atoms with E-state index in [0.29, 0.717) is 5.54 Å². The van der Waals surface area contributed by atoms with Crippen LogP contribution in [0.2, 0.25) is 0 Å². The van der Waals surface area contributed by atoms with E-state index in [1.807, 2.05) is 36.4 Å². The van der Waals surface area contributed by atoms with E-state index < -0.39 is 5.60 Å². The second-order valence-corrected chi connectivity index (χ2v) is 8.22. The first-order valence-electron chi connectivity index (χ1n) is 10.3. The number of rotatable bonds is 5. The zero-order valence-corrected chi connectivity index (χ0v) is 15.7. The lowest BCUT2D eigenvalue weighted by molar-refractivity contribution is 0.0312. The van der Waals surface area contributed by atoms with Crippen LogP contribution in [0.25, 0.3) is 0 Å². The Morgan fingerprint density at radius 3 is 1.88 bits per heavy atom. The van der Waals surface area contributed by atoms with Gasteiger partial charge >= 0.3 is 0 Å². The lowest BCUT2D eigenvalue weighted by Crippen LogP contribution is -2.47. The molecule has 26 heavy (non-hydrogen) atoms. The van der Waals surface area contributed by atoms with Gasteiger partial charge in [-0.2, -0.15) is 0 Å². The fourth-order valence-electron chi connectivity index (χ4n) is 5.30. The molecule has 1 spiro atoms. The molecule has 2 heteroatoms. The van der Waals surface area contributed by atoms with Gasteiger partial charge in [-0.1, -0.05) is 79.9 Å². The fraction of sp³-hybridized carbons (Fsp3) is 0.500. The zero-order chi connectivity index (χ0) is 17.9. The Morgan fingerprint density at radius 2 is 1.31 bits per heavy atom. The summed E-state index contributed by atoms with van der Waals surface area (Å²) >= 11 is 0. The van der Waals surface area contributed by atoms with E-state index in [9.17, 15) is 5.11 Å². The molecule has 1 heterocycles. The van der Waals surface area contributed by atoms with Crippen LogP contribution < -0.4 is 0 Å². The lowest BCUT2D eigenvalue weighted by Gasteiger charge is -2.43. The molecule has 1 saturated carbocycles. The minimum Gasteiger partial charge on any atom is -0.380 e. The van der Waals surface area contributed by atoms with Crippen molar-refractivity contribution in [2.45, 2.75) is 62.5 Å². The monoisotopic (exact) mass is 349 g/mol. The van der Waals surface area contributed by atoms with Crippen molar-refractivity contribution in [2.75, 3.05) is 13.1 Å². The molecule has 0 radical (unpaired) electrons. The van der Waals surface area contributed by atoms with Crippen LogP contribution >= 0.6 is 0 Å². The number of likely N-dealkylation sites (tertiary alicyclic amines) is 1. The summed E-state index contributed by atoms with van der Waals surface area (Å²) < 4.78 is 0. The minimum absolute atomic E-state index is 0.423. The lowest BCUT2D eigenvalue weighted by atomic mass is 9.79. The molecule has 2 aromatic rings. The van der Waals surface area contributed by atoms with Gasteiger partial charge in [0.1, 0.15) is 5.60 Å². The summed E-state index contributed by atoms with van der Waals surface area (Å²) in [4.78, 5) is 2.71. The molecule has 0 aromatic heterocycles. The molecule has 0 unspecified atom stereocenters. The molecule has 0 bridgehead atoms. The number of hydrogen-bond donors (Lipinski definition) is 1. The first-order chi connectivity index (χ1) is 12.7. The van der Waals surface area contributed by atoms with Gasteiger partial charge in [0.25, 0.3) is 0 Å². The van der Waals surface area contributed by atoms with E-state index in [4.69, 9.17) is 0 Å². The highest BCUT2D eigenvalue weighted by Crippen LogP contribution is 2.43. The number of hydrogen-bond acceptors (Lipinski definition) is 2. The standard InChI is InChI=1S/C24H31NO/c26-24(21-11-4-1-5-12-21,22-13-6-2-7-14-22)18-20-25-19-10-17-23(25)15-8-3-9-16-23/h1-2,4-7,11-14,26H,3,8-10,15-20H2. The molecule has 1 aliphatic heterocycles. The average Bonchev–Trinajstić information content (AvgIpc) is 3.09. The van der Waals surface area contributed by atoms with Crippen molar-refractivity contribution in [3.8, 4) is 0 Å². The second-order valence-electron chi connectivity index (χ2n) is 8.22. The second kappa shape index (κ2) is 7.54. The molecule has 138 valence electrons. The summed E-state index contributed by atoms with van der Waals surface area (Å²) in [5, 5.41) is 11.8. The molecule has 0 atom stereocenters. The normalized spacial score (nSPS) is 20.5. The maximum atomic E-state index is 11.8. The molecular formula is C24H31NO. The van der Waals surface area contributed by atoms with Crippen LogP contribution in [0.4, 0.5) is 0 Å². The molecule has 1 saturated heterocycles. The zero-order valence-electron chi connectivity index (χ0n) is 15.7. The van der Waals surface area contributed by atoms with Gasteiger partial charge in [0.15, 0.2) is 0 Å². The number of benzene rings is 2. The van der Waals surface area contributed by atoms with E-state index >= 15 is 0 Å². The maximum Gasteiger partial charge on any atom is 0.116 e. The molecule has 4 rings (SSSR count). The SMILES string of the molecule is OC(CCN1CCCC12CCCCC2)(c1ccccc1)c1ccccc1. The van der Waals surface area contributed by atoms with E-state index in [1.165, 1.54) is 51.5 Å². The number of aliphatic hydroxyl groups is 1. The van der Waals surface area contributed by atoms with Crippen LogP contribution in [0.1, 0.15) is 62.5 Å². The Kier molecular flexibility index (Phi) is 5.15. The molecule has 1 aliphatic carbocycles. The van der Waals surface area contributed by atoms with Gasteiger partial charge in [-0.25, -0.2) is 0 Å². The Labute approximate surface area is 157 Å². The van der Waals surface area contributed by atoms with Crippen LogP contribution in [0.15, 0.2) is 60.7 Å². The van der Waals surface area contributed by atoms with Crippen molar-refractivity contribution in [3.63, 3.8) is 0 Å². The Balaban J connectivity index is 1.58. The third-order valence-electron chi connectivity index (χ3n) is 6.77. The summed E-state index contributed by atoms with van der Waals surface area (Å²) in [6, 6.07) is 20.4. The highest BCUT2D eigenvalue weighted by molar-refractivity contribution is 5.35. The third kappa shape index (κ3) is 3.33. The van der Waals surface area contributed by atoms with E-state index in [1.54, 1.807) is 0 Å². The van der Waals surface area contributed by atoms with Gasteiger partial charge < -0.3 is 5.11 Å². The number of nitrogens with zero attached hydrogens (tertiary/aromatic N) is 1. The molecular weight excluding hydrogens is 318 g/mol. The molecule has 1 N–H and O–H groups in total. The smallest absolute Gasteiger partial charge is 0.116 e. The predicted molar refractivity (Wildman–Crippen MR) is 107 cm³/mol. The molecule has 0 amide bonds. The fourth-order valence-corrected chi connectivity index (χ4v) is 5.30. The van der Waals surface area contributed by atoms with Crippen molar-refractivity contribution in [2.24, 2.45) is 0 Å². The Bertz CT molecular complexity index is 651. The Morgan fingerprint density at radius 1 is 0.769 bits per heavy atom.